The number of likely N-dealkylation sites (tertiary alicyclic amines) is 1. The molecular formula is C26H27F2N3O2. The molecule has 1 aromatic heterocycles. The van der Waals surface area contributed by atoms with Gasteiger partial charge in [0.05, 0.1) is 30.4 Å². The predicted octanol–water partition coefficient (Wildman–Crippen LogP) is 5.41. The van der Waals surface area contributed by atoms with Crippen LogP contribution in [0, 0.1) is 18.6 Å². The Morgan fingerprint density at radius 1 is 1.12 bits per heavy atom. The van der Waals surface area contributed by atoms with Crippen LogP contribution in [-0.4, -0.2) is 34.0 Å². The summed E-state index contributed by atoms with van der Waals surface area (Å²) in [7, 11) is 1.61. The molecule has 2 heterocycles. The second-order valence-corrected chi connectivity index (χ2v) is 8.77. The van der Waals surface area contributed by atoms with Gasteiger partial charge in [-0.2, -0.15) is 0 Å². The van der Waals surface area contributed by atoms with Gasteiger partial charge >= 0.3 is 0 Å². The van der Waals surface area contributed by atoms with Crippen LogP contribution in [0.2, 0.25) is 0 Å². The van der Waals surface area contributed by atoms with Crippen LogP contribution < -0.4 is 4.74 Å². The minimum Gasteiger partial charge on any atom is -0.495 e. The molecule has 7 heteroatoms. The van der Waals surface area contributed by atoms with Crippen LogP contribution >= 0.6 is 0 Å². The molecule has 1 fully saturated rings. The van der Waals surface area contributed by atoms with E-state index in [0.717, 1.165) is 29.4 Å². The fourth-order valence-corrected chi connectivity index (χ4v) is 4.26. The molecule has 0 radical (unpaired) electrons. The number of aromatic nitrogens is 2. The Morgan fingerprint density at radius 3 is 2.58 bits per heavy atom. The molecule has 1 aliphatic heterocycles. The van der Waals surface area contributed by atoms with Gasteiger partial charge in [-0.3, -0.25) is 4.79 Å². The predicted molar refractivity (Wildman–Crippen MR) is 123 cm³/mol. The molecule has 0 saturated carbocycles. The van der Waals surface area contributed by atoms with Crippen molar-refractivity contribution >= 4 is 12.0 Å². The number of rotatable bonds is 5. The third-order valence-corrected chi connectivity index (χ3v) is 6.18. The SMILES string of the molecule is COc1cc(/C=C2/CCCN(C(C)(C)c3ccc(F)c(F)c3)C2=O)ccc1-n1cnc(C)c1. The summed E-state index contributed by atoms with van der Waals surface area (Å²) >= 11 is 0. The van der Waals surface area contributed by atoms with Crippen LogP contribution in [-0.2, 0) is 10.3 Å². The Labute approximate surface area is 192 Å². The first-order valence-corrected chi connectivity index (χ1v) is 10.9. The lowest BCUT2D eigenvalue weighted by molar-refractivity contribution is -0.134. The Bertz CT molecular complexity index is 1230. The van der Waals surface area contributed by atoms with Gasteiger partial charge in [-0.05, 0) is 75.1 Å². The van der Waals surface area contributed by atoms with E-state index in [-0.39, 0.29) is 5.91 Å². The van der Waals surface area contributed by atoms with Crippen molar-refractivity contribution in [1.82, 2.24) is 14.5 Å². The lowest BCUT2D eigenvalue weighted by Gasteiger charge is -2.42. The zero-order valence-electron chi connectivity index (χ0n) is 19.2. The van der Waals surface area contributed by atoms with E-state index in [1.807, 2.05) is 55.8 Å². The van der Waals surface area contributed by atoms with Crippen LogP contribution in [0.4, 0.5) is 8.78 Å². The van der Waals surface area contributed by atoms with Gasteiger partial charge in [-0.25, -0.2) is 13.8 Å². The number of amides is 1. The van der Waals surface area contributed by atoms with Gasteiger partial charge in [0.15, 0.2) is 11.6 Å². The third-order valence-electron chi connectivity index (χ3n) is 6.18. The second-order valence-electron chi connectivity index (χ2n) is 8.77. The van der Waals surface area contributed by atoms with Gasteiger partial charge in [-0.1, -0.05) is 12.1 Å². The Hall–Kier alpha value is -3.48. The maximum Gasteiger partial charge on any atom is 0.250 e. The van der Waals surface area contributed by atoms with Crippen LogP contribution in [0.25, 0.3) is 11.8 Å². The van der Waals surface area contributed by atoms with Crippen molar-refractivity contribution in [3.05, 3.63) is 83.0 Å². The summed E-state index contributed by atoms with van der Waals surface area (Å²) in [5.74, 6) is -1.25. The molecule has 5 nitrogen and oxygen atoms in total. The number of hydrogen-bond acceptors (Lipinski definition) is 3. The topological polar surface area (TPSA) is 47.4 Å². The monoisotopic (exact) mass is 451 g/mol. The Morgan fingerprint density at radius 2 is 1.91 bits per heavy atom. The highest BCUT2D eigenvalue weighted by Gasteiger charge is 2.36. The van der Waals surface area contributed by atoms with Crippen molar-refractivity contribution in [2.75, 3.05) is 13.7 Å². The molecule has 33 heavy (non-hydrogen) atoms. The van der Waals surface area contributed by atoms with Crippen LogP contribution in [0.5, 0.6) is 5.75 Å². The molecule has 0 unspecified atom stereocenters. The summed E-state index contributed by atoms with van der Waals surface area (Å²) in [4.78, 5) is 19.4. The Balaban J connectivity index is 1.63. The van der Waals surface area contributed by atoms with Crippen LogP contribution in [0.15, 0.2) is 54.5 Å². The molecule has 3 aromatic rings. The minimum atomic E-state index is -0.916. The van der Waals surface area contributed by atoms with E-state index in [4.69, 9.17) is 4.74 Å². The van der Waals surface area contributed by atoms with Crippen LogP contribution in [0.1, 0.15) is 43.5 Å². The van der Waals surface area contributed by atoms with E-state index in [1.165, 1.54) is 12.1 Å². The first-order valence-electron chi connectivity index (χ1n) is 10.9. The summed E-state index contributed by atoms with van der Waals surface area (Å²) in [6.45, 7) is 6.17. The van der Waals surface area contributed by atoms with Gasteiger partial charge in [0.1, 0.15) is 5.75 Å². The largest absolute Gasteiger partial charge is 0.495 e. The van der Waals surface area contributed by atoms with Crippen molar-refractivity contribution in [1.29, 1.82) is 0 Å². The third kappa shape index (κ3) is 4.40. The highest BCUT2D eigenvalue weighted by molar-refractivity contribution is 5.99. The number of carbonyl (C=O) groups excluding carboxylic acids is 1. The Kier molecular flexibility index (Phi) is 6.06. The van der Waals surface area contributed by atoms with Crippen molar-refractivity contribution in [2.24, 2.45) is 0 Å². The zero-order valence-corrected chi connectivity index (χ0v) is 19.2. The highest BCUT2D eigenvalue weighted by atomic mass is 19.2. The van der Waals surface area contributed by atoms with E-state index in [2.05, 4.69) is 4.98 Å². The second kappa shape index (κ2) is 8.81. The lowest BCUT2D eigenvalue weighted by Crippen LogP contribution is -2.48. The summed E-state index contributed by atoms with van der Waals surface area (Å²) in [5.41, 5.74) is 3.05. The maximum absolute atomic E-state index is 13.9. The standard InChI is InChI=1S/C26H27F2N3O2/c1-17-15-30(16-29-17)23-10-7-18(13-24(23)33-4)12-19-6-5-11-31(25(19)32)26(2,3)20-8-9-21(27)22(28)14-20/h7-10,12-16H,5-6,11H2,1-4H3/b19-12-. The summed E-state index contributed by atoms with van der Waals surface area (Å²) in [6, 6.07) is 9.57. The quantitative estimate of drug-likeness (QED) is 0.488. The molecule has 1 amide bonds. The van der Waals surface area contributed by atoms with Gasteiger partial charge in [0.2, 0.25) is 0 Å². The number of halogens is 2. The van der Waals surface area contributed by atoms with Gasteiger partial charge in [0.25, 0.3) is 5.91 Å². The molecule has 1 saturated heterocycles. The number of nitrogens with zero attached hydrogens (tertiary/aromatic N) is 3. The van der Waals surface area contributed by atoms with E-state index in [1.54, 1.807) is 18.3 Å². The first-order chi connectivity index (χ1) is 15.7. The van der Waals surface area contributed by atoms with E-state index in [9.17, 15) is 13.6 Å². The van der Waals surface area contributed by atoms with Crippen molar-refractivity contribution in [3.63, 3.8) is 0 Å². The molecule has 0 spiro atoms. The number of imidazole rings is 1. The first kappa shape index (κ1) is 22.7. The van der Waals surface area contributed by atoms with E-state index in [0.29, 0.717) is 29.9 Å². The molecular weight excluding hydrogens is 424 g/mol. The molecule has 2 aromatic carbocycles. The fraction of sp³-hybridized carbons (Fsp3) is 0.308. The van der Waals surface area contributed by atoms with Gasteiger partial charge < -0.3 is 14.2 Å². The molecule has 0 N–H and O–H groups in total. The number of piperidine rings is 1. The maximum atomic E-state index is 13.9. The van der Waals surface area contributed by atoms with Crippen molar-refractivity contribution in [2.45, 2.75) is 39.2 Å². The number of hydrogen-bond donors (Lipinski definition) is 0. The van der Waals surface area contributed by atoms with E-state index < -0.39 is 17.2 Å². The fourth-order valence-electron chi connectivity index (χ4n) is 4.26. The van der Waals surface area contributed by atoms with Crippen LogP contribution in [0.3, 0.4) is 0 Å². The average molecular weight is 452 g/mol. The van der Waals surface area contributed by atoms with Gasteiger partial charge in [0, 0.05) is 18.3 Å². The summed E-state index contributed by atoms with van der Waals surface area (Å²) in [6.07, 6.45) is 6.95. The van der Waals surface area contributed by atoms with Crippen molar-refractivity contribution in [3.8, 4) is 11.4 Å². The normalized spacial score (nSPS) is 15.9. The average Bonchev–Trinajstić information content (AvgIpc) is 3.22. The number of methoxy groups -OCH3 is 1. The molecule has 172 valence electrons. The highest BCUT2D eigenvalue weighted by Crippen LogP contribution is 2.34. The molecule has 0 bridgehead atoms. The van der Waals surface area contributed by atoms with E-state index >= 15 is 0 Å². The summed E-state index contributed by atoms with van der Waals surface area (Å²) < 4.78 is 34.8. The lowest BCUT2D eigenvalue weighted by atomic mass is 9.88. The smallest absolute Gasteiger partial charge is 0.250 e. The molecule has 0 atom stereocenters. The minimum absolute atomic E-state index is 0.107. The number of aryl methyl sites for hydroxylation is 1. The molecule has 1 aliphatic rings. The zero-order chi connectivity index (χ0) is 23.8. The number of benzene rings is 2. The molecule has 4 rings (SSSR count). The number of carbonyl (C=O) groups is 1. The van der Waals surface area contributed by atoms with Gasteiger partial charge in [-0.15, -0.1) is 0 Å². The number of ether oxygens (including phenoxy) is 1. The molecule has 0 aliphatic carbocycles. The van der Waals surface area contributed by atoms with Crippen molar-refractivity contribution < 1.29 is 18.3 Å². The summed E-state index contributed by atoms with van der Waals surface area (Å²) in [5, 5.41) is 0.